The maximum atomic E-state index is 12.2. The molecule has 0 fully saturated rings. The molecule has 0 saturated carbocycles. The Morgan fingerprint density at radius 3 is 2.92 bits per heavy atom. The Kier molecular flexibility index (Phi) is 3.62. The topological polar surface area (TPSA) is 83.6 Å². The quantitative estimate of drug-likeness (QED) is 0.441. The van der Waals surface area contributed by atoms with Crippen molar-refractivity contribution in [1.82, 2.24) is 19.9 Å². The van der Waals surface area contributed by atoms with Gasteiger partial charge in [0.05, 0.1) is 11.0 Å². The molecular weight excluding hydrogens is 322 g/mol. The van der Waals surface area contributed by atoms with Crippen molar-refractivity contribution in [3.8, 4) is 0 Å². The van der Waals surface area contributed by atoms with Crippen LogP contribution in [0.15, 0.2) is 58.7 Å². The summed E-state index contributed by atoms with van der Waals surface area (Å²) in [5.74, 6) is 0.495. The van der Waals surface area contributed by atoms with E-state index in [2.05, 4.69) is 25.3 Å². The molecule has 0 unspecified atom stereocenters. The number of thioether (sulfide) groups is 1. The van der Waals surface area contributed by atoms with Crippen molar-refractivity contribution in [3.63, 3.8) is 0 Å². The molecule has 0 aliphatic rings. The number of anilines is 2. The lowest BCUT2D eigenvalue weighted by Crippen LogP contribution is -2.10. The number of nitrogens with one attached hydrogen (secondary N) is 2. The molecule has 4 rings (SSSR count). The van der Waals surface area contributed by atoms with Gasteiger partial charge in [-0.05, 0) is 36.6 Å². The standard InChI is InChI=1S/C17H13N5OS/c1-24-17-21-13-6-8-19-16(23)14(13)15(22-17)20-11-4-5-12-10(9-11)3-2-7-18-12/h2-9H,1H3,(H,19,23)(H,20,21,22). The number of benzene rings is 1. The Bertz CT molecular complexity index is 1110. The SMILES string of the molecule is CSc1nc(Nc2ccc3ncccc3c2)c2c(=O)[nH]ccc2n1. The number of nitrogens with zero attached hydrogens (tertiary/aromatic N) is 3. The van der Waals surface area contributed by atoms with Gasteiger partial charge in [-0.2, -0.15) is 0 Å². The zero-order chi connectivity index (χ0) is 16.5. The zero-order valence-corrected chi connectivity index (χ0v) is 13.6. The molecule has 0 saturated heterocycles. The summed E-state index contributed by atoms with van der Waals surface area (Å²) in [6.07, 6.45) is 5.25. The van der Waals surface area contributed by atoms with Crippen LogP contribution in [0, 0.1) is 0 Å². The Labute approximate surface area is 141 Å². The highest BCUT2D eigenvalue weighted by Gasteiger charge is 2.11. The molecule has 7 heteroatoms. The Morgan fingerprint density at radius 2 is 2.04 bits per heavy atom. The monoisotopic (exact) mass is 335 g/mol. The van der Waals surface area contributed by atoms with Crippen molar-refractivity contribution in [2.24, 2.45) is 0 Å². The molecule has 2 N–H and O–H groups in total. The molecule has 0 aliphatic heterocycles. The average Bonchev–Trinajstić information content (AvgIpc) is 2.61. The average molecular weight is 335 g/mol. The van der Waals surface area contributed by atoms with Crippen LogP contribution in [0.25, 0.3) is 21.8 Å². The third-order valence-electron chi connectivity index (χ3n) is 3.65. The van der Waals surface area contributed by atoms with Crippen molar-refractivity contribution in [1.29, 1.82) is 0 Å². The Morgan fingerprint density at radius 1 is 1.12 bits per heavy atom. The number of aromatic nitrogens is 4. The lowest BCUT2D eigenvalue weighted by Gasteiger charge is -2.10. The fourth-order valence-electron chi connectivity index (χ4n) is 2.54. The molecule has 1 aromatic carbocycles. The molecule has 24 heavy (non-hydrogen) atoms. The van der Waals surface area contributed by atoms with Crippen LogP contribution in [0.4, 0.5) is 11.5 Å². The number of aromatic amines is 1. The second-order valence-corrected chi connectivity index (χ2v) is 5.94. The second-order valence-electron chi connectivity index (χ2n) is 5.16. The summed E-state index contributed by atoms with van der Waals surface area (Å²) in [4.78, 5) is 28.0. The summed E-state index contributed by atoms with van der Waals surface area (Å²) < 4.78 is 0. The zero-order valence-electron chi connectivity index (χ0n) is 12.8. The first-order valence-corrected chi connectivity index (χ1v) is 8.52. The van der Waals surface area contributed by atoms with Crippen molar-refractivity contribution >= 4 is 45.1 Å². The van der Waals surface area contributed by atoms with Crippen LogP contribution < -0.4 is 10.9 Å². The molecule has 3 heterocycles. The summed E-state index contributed by atoms with van der Waals surface area (Å²) in [5, 5.41) is 5.31. The van der Waals surface area contributed by atoms with E-state index in [9.17, 15) is 4.79 Å². The Balaban J connectivity index is 1.87. The minimum Gasteiger partial charge on any atom is -0.339 e. The minimum absolute atomic E-state index is 0.217. The third-order valence-corrected chi connectivity index (χ3v) is 4.20. The number of H-pyrrole nitrogens is 1. The highest BCUT2D eigenvalue weighted by Crippen LogP contribution is 2.25. The lowest BCUT2D eigenvalue weighted by molar-refractivity contribution is 1.01. The molecule has 0 radical (unpaired) electrons. The number of pyridine rings is 2. The van der Waals surface area contributed by atoms with Gasteiger partial charge in [0.2, 0.25) is 0 Å². The van der Waals surface area contributed by atoms with Crippen LogP contribution in [0.5, 0.6) is 0 Å². The second kappa shape index (κ2) is 5.93. The molecule has 3 aromatic heterocycles. The van der Waals surface area contributed by atoms with Crippen LogP contribution in [-0.2, 0) is 0 Å². The largest absolute Gasteiger partial charge is 0.339 e. The van der Waals surface area contributed by atoms with E-state index in [1.54, 1.807) is 18.5 Å². The van der Waals surface area contributed by atoms with Gasteiger partial charge in [-0.3, -0.25) is 9.78 Å². The van der Waals surface area contributed by atoms with Crippen LogP contribution in [0.1, 0.15) is 0 Å². The van der Waals surface area contributed by atoms with Crippen LogP contribution in [0.3, 0.4) is 0 Å². The predicted molar refractivity (Wildman–Crippen MR) is 97.0 cm³/mol. The van der Waals surface area contributed by atoms with E-state index >= 15 is 0 Å². The van der Waals surface area contributed by atoms with Gasteiger partial charge in [-0.25, -0.2) is 9.97 Å². The molecule has 0 spiro atoms. The van der Waals surface area contributed by atoms with Crippen molar-refractivity contribution in [2.45, 2.75) is 5.16 Å². The maximum absolute atomic E-state index is 12.2. The van der Waals surface area contributed by atoms with Crippen molar-refractivity contribution in [3.05, 3.63) is 59.1 Å². The molecule has 6 nitrogen and oxygen atoms in total. The molecule has 0 aliphatic carbocycles. The first kappa shape index (κ1) is 14.6. The van der Waals surface area contributed by atoms with E-state index in [4.69, 9.17) is 0 Å². The van der Waals surface area contributed by atoms with Crippen LogP contribution in [-0.4, -0.2) is 26.2 Å². The third kappa shape index (κ3) is 2.59. The first-order valence-electron chi connectivity index (χ1n) is 7.30. The van der Waals surface area contributed by atoms with Crippen LogP contribution >= 0.6 is 11.8 Å². The van der Waals surface area contributed by atoms with E-state index in [1.165, 1.54) is 11.8 Å². The van der Waals surface area contributed by atoms with Gasteiger partial charge in [-0.15, -0.1) is 0 Å². The van der Waals surface area contributed by atoms with E-state index in [-0.39, 0.29) is 5.56 Å². The highest BCUT2D eigenvalue weighted by molar-refractivity contribution is 7.98. The molecule has 0 bridgehead atoms. The summed E-state index contributed by atoms with van der Waals surface area (Å²) >= 11 is 1.43. The van der Waals surface area contributed by atoms with Gasteiger partial charge in [0.15, 0.2) is 5.16 Å². The minimum atomic E-state index is -0.217. The molecular formula is C17H13N5OS. The smallest absolute Gasteiger partial charge is 0.261 e. The molecule has 4 aromatic rings. The van der Waals surface area contributed by atoms with E-state index < -0.39 is 0 Å². The van der Waals surface area contributed by atoms with Gasteiger partial charge in [0.1, 0.15) is 11.2 Å². The molecule has 118 valence electrons. The van der Waals surface area contributed by atoms with Crippen molar-refractivity contribution < 1.29 is 0 Å². The fourth-order valence-corrected chi connectivity index (χ4v) is 2.91. The van der Waals surface area contributed by atoms with Gasteiger partial charge in [-0.1, -0.05) is 17.8 Å². The number of hydrogen-bond acceptors (Lipinski definition) is 6. The van der Waals surface area contributed by atoms with Gasteiger partial charge in [0.25, 0.3) is 5.56 Å². The summed E-state index contributed by atoms with van der Waals surface area (Å²) in [7, 11) is 0. The maximum Gasteiger partial charge on any atom is 0.261 e. The first-order chi connectivity index (χ1) is 11.7. The van der Waals surface area contributed by atoms with Crippen LogP contribution in [0.2, 0.25) is 0 Å². The highest BCUT2D eigenvalue weighted by atomic mass is 32.2. The molecule has 0 amide bonds. The summed E-state index contributed by atoms with van der Waals surface area (Å²) in [5.41, 5.74) is 2.15. The van der Waals surface area contributed by atoms with Gasteiger partial charge < -0.3 is 10.3 Å². The van der Waals surface area contributed by atoms with E-state index in [1.807, 2.05) is 36.6 Å². The van der Waals surface area contributed by atoms with Crippen molar-refractivity contribution in [2.75, 3.05) is 11.6 Å². The fraction of sp³-hybridized carbons (Fsp3) is 0.0588. The number of rotatable bonds is 3. The summed E-state index contributed by atoms with van der Waals surface area (Å²) in [6.45, 7) is 0. The number of fused-ring (bicyclic) bond motifs is 2. The van der Waals surface area contributed by atoms with Gasteiger partial charge >= 0.3 is 0 Å². The summed E-state index contributed by atoms with van der Waals surface area (Å²) in [6, 6.07) is 11.5. The Hall–Kier alpha value is -2.93. The normalized spacial score (nSPS) is 11.0. The lowest BCUT2D eigenvalue weighted by atomic mass is 10.2. The predicted octanol–water partition coefficient (Wildman–Crippen LogP) is 3.33. The number of hydrogen-bond donors (Lipinski definition) is 2. The molecule has 0 atom stereocenters. The van der Waals surface area contributed by atoms with Gasteiger partial charge in [0, 0.05) is 23.5 Å². The van der Waals surface area contributed by atoms with E-state index in [0.717, 1.165) is 16.6 Å². The van der Waals surface area contributed by atoms with E-state index in [0.29, 0.717) is 21.9 Å².